The first-order valence-corrected chi connectivity index (χ1v) is 20.6. The zero-order chi connectivity index (χ0) is 37.2. The van der Waals surface area contributed by atoms with Gasteiger partial charge in [0, 0.05) is 38.8 Å². The van der Waals surface area contributed by atoms with Gasteiger partial charge in [0.05, 0.1) is 16.7 Å². The molecule has 1 aromatic heterocycles. The van der Waals surface area contributed by atoms with Crippen molar-refractivity contribution < 1.29 is 0 Å². The summed E-state index contributed by atoms with van der Waals surface area (Å²) in [7, 11) is 0. The van der Waals surface area contributed by atoms with Gasteiger partial charge in [0.15, 0.2) is 0 Å². The van der Waals surface area contributed by atoms with Crippen LogP contribution < -0.4 is 4.90 Å². The summed E-state index contributed by atoms with van der Waals surface area (Å²) in [4.78, 5) is 2.43. The molecular weight excluding hydrogens is 677 g/mol. The molecule has 2 heteroatoms. The smallest absolute Gasteiger partial charge is 0.0541 e. The Morgan fingerprint density at radius 1 is 0.518 bits per heavy atom. The predicted octanol–water partition coefficient (Wildman–Crippen LogP) is 14.6. The highest BCUT2D eigenvalue weighted by Crippen LogP contribution is 2.59. The SMILES string of the molecule is C[C@H]1CC2CC3=C[C@@H](C2)CC3(c2ccc(N(c3ccc(-c4ccccc4)cc3)c3ccc(-c4ccccc4-n4c5ccccc5c5ccccc54)cc3)cc2)C1. The number of para-hydroxylation sites is 3. The fourth-order valence-corrected chi connectivity index (χ4v) is 11.1. The number of rotatable bonds is 7. The van der Waals surface area contributed by atoms with Crippen molar-refractivity contribution in [3.05, 3.63) is 193 Å². The fraction of sp³-hybridized carbons (Fsp3) is 0.185. The summed E-state index contributed by atoms with van der Waals surface area (Å²) in [5.41, 5.74) is 15.4. The molecule has 1 fully saturated rings. The Labute approximate surface area is 330 Å². The number of benzene rings is 7. The van der Waals surface area contributed by atoms with E-state index in [0.29, 0.717) is 0 Å². The number of hydrogen-bond acceptors (Lipinski definition) is 1. The summed E-state index contributed by atoms with van der Waals surface area (Å²) < 4.78 is 2.43. The van der Waals surface area contributed by atoms with Crippen molar-refractivity contribution in [3.8, 4) is 27.9 Å². The van der Waals surface area contributed by atoms with E-state index < -0.39 is 0 Å². The van der Waals surface area contributed by atoms with Crippen molar-refractivity contribution in [2.75, 3.05) is 4.90 Å². The molecule has 11 rings (SSSR count). The highest BCUT2D eigenvalue weighted by molar-refractivity contribution is 6.09. The molecule has 272 valence electrons. The van der Waals surface area contributed by atoms with Gasteiger partial charge in [-0.2, -0.15) is 0 Å². The molecule has 4 atom stereocenters. The molecule has 56 heavy (non-hydrogen) atoms. The summed E-state index contributed by atoms with van der Waals surface area (Å²) in [6.07, 6.45) is 9.33. The second-order valence-corrected chi connectivity index (χ2v) is 16.8. The largest absolute Gasteiger partial charge is 0.311 e. The van der Waals surface area contributed by atoms with Gasteiger partial charge in [0.1, 0.15) is 0 Å². The van der Waals surface area contributed by atoms with E-state index >= 15 is 0 Å². The van der Waals surface area contributed by atoms with E-state index in [4.69, 9.17) is 0 Å². The van der Waals surface area contributed by atoms with E-state index in [2.05, 4.69) is 198 Å². The van der Waals surface area contributed by atoms with Gasteiger partial charge < -0.3 is 9.47 Å². The topological polar surface area (TPSA) is 8.17 Å². The van der Waals surface area contributed by atoms with Crippen LogP contribution in [-0.4, -0.2) is 4.57 Å². The Hall–Kier alpha value is -6.12. The summed E-state index contributed by atoms with van der Waals surface area (Å²) in [5, 5.41) is 2.55. The van der Waals surface area contributed by atoms with Crippen molar-refractivity contribution in [3.63, 3.8) is 0 Å². The molecule has 7 aromatic carbocycles. The summed E-state index contributed by atoms with van der Waals surface area (Å²) >= 11 is 0. The zero-order valence-electron chi connectivity index (χ0n) is 32.0. The van der Waals surface area contributed by atoms with Crippen LogP contribution in [0.4, 0.5) is 17.1 Å². The second kappa shape index (κ2) is 13.3. The second-order valence-electron chi connectivity index (χ2n) is 16.8. The maximum Gasteiger partial charge on any atom is 0.0541 e. The van der Waals surface area contributed by atoms with E-state index in [1.807, 2.05) is 0 Å². The number of fused-ring (bicyclic) bond motifs is 5. The van der Waals surface area contributed by atoms with E-state index in [1.54, 1.807) is 5.57 Å². The van der Waals surface area contributed by atoms with Gasteiger partial charge in [-0.25, -0.2) is 0 Å². The first-order valence-electron chi connectivity index (χ1n) is 20.6. The van der Waals surface area contributed by atoms with Crippen LogP contribution in [0, 0.1) is 17.8 Å². The number of nitrogens with zero attached hydrogens (tertiary/aromatic N) is 2. The van der Waals surface area contributed by atoms with Crippen LogP contribution in [0.3, 0.4) is 0 Å². The van der Waals surface area contributed by atoms with Crippen molar-refractivity contribution >= 4 is 38.9 Å². The van der Waals surface area contributed by atoms with Gasteiger partial charge in [0.2, 0.25) is 0 Å². The zero-order valence-corrected chi connectivity index (χ0v) is 32.0. The van der Waals surface area contributed by atoms with E-state index in [0.717, 1.165) is 29.1 Å². The first kappa shape index (κ1) is 33.2. The molecule has 0 amide bonds. The molecule has 0 N–H and O–H groups in total. The molecule has 0 spiro atoms. The third kappa shape index (κ3) is 5.46. The summed E-state index contributed by atoms with van der Waals surface area (Å²) in [5.74, 6) is 2.40. The maximum absolute atomic E-state index is 2.67. The van der Waals surface area contributed by atoms with Gasteiger partial charge in [-0.1, -0.05) is 140 Å². The van der Waals surface area contributed by atoms with Crippen LogP contribution >= 0.6 is 0 Å². The van der Waals surface area contributed by atoms with E-state index in [1.165, 1.54) is 93.1 Å². The summed E-state index contributed by atoms with van der Waals surface area (Å²) in [6.45, 7) is 2.50. The lowest BCUT2D eigenvalue weighted by atomic mass is 9.69. The van der Waals surface area contributed by atoms with Crippen LogP contribution in [0.1, 0.15) is 44.6 Å². The van der Waals surface area contributed by atoms with E-state index in [-0.39, 0.29) is 5.41 Å². The molecule has 0 radical (unpaired) electrons. The van der Waals surface area contributed by atoms with Crippen LogP contribution in [0.2, 0.25) is 0 Å². The molecular formula is C54H46N2. The Morgan fingerprint density at radius 3 is 1.75 bits per heavy atom. The normalized spacial score (nSPS) is 21.3. The average Bonchev–Trinajstić information content (AvgIpc) is 3.68. The first-order chi connectivity index (χ1) is 27.6. The Kier molecular flexibility index (Phi) is 7.88. The van der Waals surface area contributed by atoms with Gasteiger partial charge in [-0.3, -0.25) is 0 Å². The van der Waals surface area contributed by atoms with Gasteiger partial charge >= 0.3 is 0 Å². The molecule has 3 aliphatic carbocycles. The Morgan fingerprint density at radius 2 is 1.07 bits per heavy atom. The molecule has 1 saturated carbocycles. The minimum atomic E-state index is 0.210. The third-order valence-corrected chi connectivity index (χ3v) is 13.3. The van der Waals surface area contributed by atoms with Crippen LogP contribution in [0.15, 0.2) is 188 Å². The molecule has 1 heterocycles. The molecule has 0 aliphatic heterocycles. The van der Waals surface area contributed by atoms with Gasteiger partial charge in [-0.05, 0) is 127 Å². The number of hydrogen-bond donors (Lipinski definition) is 0. The fourth-order valence-electron chi connectivity index (χ4n) is 11.1. The molecule has 0 saturated heterocycles. The minimum absolute atomic E-state index is 0.210. The quantitative estimate of drug-likeness (QED) is 0.149. The van der Waals surface area contributed by atoms with Crippen molar-refractivity contribution in [2.45, 2.75) is 44.4 Å². The lowest BCUT2D eigenvalue weighted by molar-refractivity contribution is 0.272. The average molecular weight is 723 g/mol. The van der Waals surface area contributed by atoms with Gasteiger partial charge in [-0.15, -0.1) is 0 Å². The van der Waals surface area contributed by atoms with E-state index in [9.17, 15) is 0 Å². The molecule has 2 unspecified atom stereocenters. The van der Waals surface area contributed by atoms with Crippen molar-refractivity contribution in [2.24, 2.45) is 17.8 Å². The minimum Gasteiger partial charge on any atom is -0.311 e. The van der Waals surface area contributed by atoms with Crippen LogP contribution in [0.5, 0.6) is 0 Å². The standard InChI is InChI=1S/C54H46N2/c1-37-31-38-32-39-34-44(33-38)54(35-37,36-39)43-23-29-47(30-24-43)55(45-25-19-41(20-26-45)40-11-3-2-4-12-40)46-27-21-42(22-28-46)48-13-5-8-16-51(48)56-52-17-9-6-14-49(52)50-15-7-10-18-53(50)56/h2-30,34,37-39H,31-33,35-36H2,1H3/t37-,38?,39+,54?/m0/s1. The monoisotopic (exact) mass is 722 g/mol. The predicted molar refractivity (Wildman–Crippen MR) is 235 cm³/mol. The molecule has 2 nitrogen and oxygen atoms in total. The number of anilines is 3. The lowest BCUT2D eigenvalue weighted by Crippen LogP contribution is -2.28. The van der Waals surface area contributed by atoms with Crippen molar-refractivity contribution in [1.82, 2.24) is 4.57 Å². The third-order valence-electron chi connectivity index (χ3n) is 13.3. The Bertz CT molecular complexity index is 2680. The Balaban J connectivity index is 0.992. The van der Waals surface area contributed by atoms with Crippen LogP contribution in [-0.2, 0) is 5.41 Å². The van der Waals surface area contributed by atoms with Crippen molar-refractivity contribution in [1.29, 1.82) is 0 Å². The number of aromatic nitrogens is 1. The lowest BCUT2D eigenvalue weighted by Gasteiger charge is -2.35. The maximum atomic E-state index is 2.67. The molecule has 8 aromatic rings. The molecule has 3 bridgehead atoms. The van der Waals surface area contributed by atoms with Crippen LogP contribution in [0.25, 0.3) is 49.7 Å². The highest BCUT2D eigenvalue weighted by atomic mass is 15.1. The van der Waals surface area contributed by atoms with Gasteiger partial charge in [0.25, 0.3) is 0 Å². The summed E-state index contributed by atoms with van der Waals surface area (Å²) in [6, 6.07) is 65.0. The molecule has 3 aliphatic rings. The number of allylic oxidation sites excluding steroid dienone is 2. The highest BCUT2D eigenvalue weighted by Gasteiger charge is 2.49.